The first-order valence-corrected chi connectivity index (χ1v) is 13.4. The number of nitrogens with zero attached hydrogens (tertiary/aromatic N) is 7. The second-order valence-corrected chi connectivity index (χ2v) is 11.2. The molecule has 4 aromatic rings. The number of aryl methyl sites for hydroxylation is 1. The SMILES string of the molecule is CCc1c(-c2cc(Nc3cnc(C#N)cn3)c(=O)n(C)c2)ccnc1N1CCn2c(cc3c2CC(C)(C)C3)C1=O. The molecule has 0 radical (unpaired) electrons. The molecule has 1 amide bonds. The first kappa shape index (κ1) is 25.5. The van der Waals surface area contributed by atoms with Gasteiger partial charge < -0.3 is 14.5 Å². The number of rotatable bonds is 5. The minimum Gasteiger partial charge on any atom is -0.339 e. The van der Waals surface area contributed by atoms with Crippen molar-refractivity contribution in [1.82, 2.24) is 24.1 Å². The van der Waals surface area contributed by atoms with Gasteiger partial charge in [-0.2, -0.15) is 5.26 Å². The molecule has 5 heterocycles. The summed E-state index contributed by atoms with van der Waals surface area (Å²) >= 11 is 0. The van der Waals surface area contributed by atoms with E-state index in [9.17, 15) is 9.59 Å². The summed E-state index contributed by atoms with van der Waals surface area (Å²) in [4.78, 5) is 41.4. The Morgan fingerprint density at radius 2 is 1.93 bits per heavy atom. The normalized spacial score (nSPS) is 15.5. The molecule has 10 nitrogen and oxygen atoms in total. The number of aromatic nitrogens is 5. The zero-order chi connectivity index (χ0) is 28.2. The maximum atomic E-state index is 13.8. The number of fused-ring (bicyclic) bond motifs is 3. The first-order valence-electron chi connectivity index (χ1n) is 13.4. The summed E-state index contributed by atoms with van der Waals surface area (Å²) in [5, 5.41) is 12.0. The standard InChI is InChI=1S/C30H30N8O2/c1-5-21-22(19-10-23(28(39)36(4)17-19)35-26-16-33-20(14-31)15-34-26)6-7-32-27(21)38-9-8-37-24(29(38)40)11-18-12-30(2,3)13-25(18)37/h6-7,10-11,15-17H,5,8-9,12-13H2,1-4H3,(H,34,35). The predicted molar refractivity (Wildman–Crippen MR) is 152 cm³/mol. The number of pyridine rings is 2. The first-order chi connectivity index (χ1) is 19.2. The van der Waals surface area contributed by atoms with Gasteiger partial charge in [-0.3, -0.25) is 14.5 Å². The van der Waals surface area contributed by atoms with Gasteiger partial charge in [-0.1, -0.05) is 20.8 Å². The maximum absolute atomic E-state index is 13.8. The predicted octanol–water partition coefficient (Wildman–Crippen LogP) is 4.00. The molecule has 1 aliphatic carbocycles. The highest BCUT2D eigenvalue weighted by molar-refractivity contribution is 6.06. The quantitative estimate of drug-likeness (QED) is 0.411. The van der Waals surface area contributed by atoms with E-state index < -0.39 is 0 Å². The summed E-state index contributed by atoms with van der Waals surface area (Å²) in [5.41, 5.74) is 6.47. The Balaban J connectivity index is 1.36. The van der Waals surface area contributed by atoms with Crippen LogP contribution < -0.4 is 15.8 Å². The Labute approximate surface area is 232 Å². The van der Waals surface area contributed by atoms with Gasteiger partial charge in [0.2, 0.25) is 0 Å². The second-order valence-electron chi connectivity index (χ2n) is 11.2. The number of amides is 1. The minimum absolute atomic E-state index is 0.0278. The summed E-state index contributed by atoms with van der Waals surface area (Å²) < 4.78 is 3.71. The van der Waals surface area contributed by atoms with E-state index >= 15 is 0 Å². The smallest absolute Gasteiger partial charge is 0.276 e. The molecule has 0 bridgehead atoms. The Hall–Kier alpha value is -4.78. The van der Waals surface area contributed by atoms with Crippen LogP contribution in [0, 0.1) is 16.7 Å². The van der Waals surface area contributed by atoms with Crippen molar-refractivity contribution in [3.8, 4) is 17.2 Å². The molecule has 0 atom stereocenters. The van der Waals surface area contributed by atoms with Gasteiger partial charge in [-0.15, -0.1) is 0 Å². The molecule has 40 heavy (non-hydrogen) atoms. The summed E-state index contributed by atoms with van der Waals surface area (Å²) in [6.07, 6.45) is 8.90. The van der Waals surface area contributed by atoms with Crippen LogP contribution in [0.3, 0.4) is 0 Å². The number of hydrogen-bond acceptors (Lipinski definition) is 7. The molecule has 10 heteroatoms. The van der Waals surface area contributed by atoms with Crippen LogP contribution in [0.25, 0.3) is 11.1 Å². The molecule has 0 saturated carbocycles. The van der Waals surface area contributed by atoms with E-state index in [1.165, 1.54) is 28.2 Å². The molecule has 0 unspecified atom stereocenters. The van der Waals surface area contributed by atoms with Crippen molar-refractivity contribution in [3.05, 3.63) is 81.5 Å². The van der Waals surface area contributed by atoms with Gasteiger partial charge in [0.15, 0.2) is 5.69 Å². The van der Waals surface area contributed by atoms with Crippen LogP contribution in [0.1, 0.15) is 53.8 Å². The number of nitrogens with one attached hydrogen (secondary N) is 1. The Morgan fingerprint density at radius 1 is 1.10 bits per heavy atom. The lowest BCUT2D eigenvalue weighted by molar-refractivity contribution is 0.0963. The van der Waals surface area contributed by atoms with E-state index in [0.717, 1.165) is 41.8 Å². The third kappa shape index (κ3) is 4.24. The lowest BCUT2D eigenvalue weighted by atomic mass is 9.90. The number of hydrogen-bond donors (Lipinski definition) is 1. The van der Waals surface area contributed by atoms with Crippen molar-refractivity contribution in [2.24, 2.45) is 12.5 Å². The topological polar surface area (TPSA) is 122 Å². The third-order valence-electron chi connectivity index (χ3n) is 7.79. The number of carbonyl (C=O) groups is 1. The average Bonchev–Trinajstić information content (AvgIpc) is 3.43. The van der Waals surface area contributed by atoms with Gasteiger partial charge in [0.25, 0.3) is 11.5 Å². The largest absolute Gasteiger partial charge is 0.339 e. The zero-order valence-electron chi connectivity index (χ0n) is 23.0. The highest BCUT2D eigenvalue weighted by Crippen LogP contribution is 2.40. The second kappa shape index (κ2) is 9.45. The van der Waals surface area contributed by atoms with Crippen molar-refractivity contribution in [2.45, 2.75) is 46.6 Å². The third-order valence-corrected chi connectivity index (χ3v) is 7.79. The van der Waals surface area contributed by atoms with E-state index in [2.05, 4.69) is 44.7 Å². The van der Waals surface area contributed by atoms with Crippen LogP contribution in [-0.2, 0) is 32.9 Å². The molecule has 0 aromatic carbocycles. The minimum atomic E-state index is -0.231. The van der Waals surface area contributed by atoms with Crippen LogP contribution in [0.15, 0.2) is 47.8 Å². The summed E-state index contributed by atoms with van der Waals surface area (Å²) in [5.74, 6) is 0.982. The molecule has 0 fully saturated rings. The molecule has 202 valence electrons. The molecule has 4 aromatic heterocycles. The zero-order valence-corrected chi connectivity index (χ0v) is 23.0. The van der Waals surface area contributed by atoms with Crippen molar-refractivity contribution in [1.29, 1.82) is 5.26 Å². The molecule has 6 rings (SSSR count). The molecule has 0 spiro atoms. The lowest BCUT2D eigenvalue weighted by Crippen LogP contribution is -2.41. The average molecular weight is 535 g/mol. The number of carbonyl (C=O) groups excluding carboxylic acids is 1. The van der Waals surface area contributed by atoms with Gasteiger partial charge in [-0.05, 0) is 54.0 Å². The lowest BCUT2D eigenvalue weighted by Gasteiger charge is -2.31. The Morgan fingerprint density at radius 3 is 2.65 bits per heavy atom. The number of nitriles is 1. The highest BCUT2D eigenvalue weighted by Gasteiger charge is 2.37. The summed E-state index contributed by atoms with van der Waals surface area (Å²) in [6.45, 7) is 7.89. The van der Waals surface area contributed by atoms with Gasteiger partial charge >= 0.3 is 0 Å². The van der Waals surface area contributed by atoms with Gasteiger partial charge in [-0.25, -0.2) is 15.0 Å². The van der Waals surface area contributed by atoms with Crippen LogP contribution in [-0.4, -0.2) is 36.5 Å². The van der Waals surface area contributed by atoms with Gasteiger partial charge in [0.05, 0.1) is 12.4 Å². The van der Waals surface area contributed by atoms with E-state index in [0.29, 0.717) is 30.3 Å². The number of anilines is 3. The van der Waals surface area contributed by atoms with Gasteiger partial charge in [0.1, 0.15) is 29.1 Å². The summed E-state index contributed by atoms with van der Waals surface area (Å²) in [6, 6.07) is 7.70. The van der Waals surface area contributed by atoms with Gasteiger partial charge in [0, 0.05) is 49.4 Å². The monoisotopic (exact) mass is 534 g/mol. The highest BCUT2D eigenvalue weighted by atomic mass is 16.2. The van der Waals surface area contributed by atoms with E-state index in [1.807, 2.05) is 19.1 Å². The van der Waals surface area contributed by atoms with Crippen molar-refractivity contribution < 1.29 is 4.79 Å². The summed E-state index contributed by atoms with van der Waals surface area (Å²) in [7, 11) is 1.69. The fourth-order valence-electron chi connectivity index (χ4n) is 5.98. The molecular weight excluding hydrogens is 504 g/mol. The van der Waals surface area contributed by atoms with Crippen molar-refractivity contribution >= 4 is 23.2 Å². The fourth-order valence-corrected chi connectivity index (χ4v) is 5.98. The molecule has 1 aliphatic heterocycles. The fraction of sp³-hybridized carbons (Fsp3) is 0.333. The van der Waals surface area contributed by atoms with Crippen LogP contribution >= 0.6 is 0 Å². The van der Waals surface area contributed by atoms with E-state index in [1.54, 1.807) is 30.4 Å². The molecular formula is C30H30N8O2. The maximum Gasteiger partial charge on any atom is 0.276 e. The van der Waals surface area contributed by atoms with E-state index in [-0.39, 0.29) is 22.6 Å². The van der Waals surface area contributed by atoms with Crippen LogP contribution in [0.5, 0.6) is 0 Å². The Kier molecular flexibility index (Phi) is 6.02. The molecule has 2 aliphatic rings. The van der Waals surface area contributed by atoms with Crippen molar-refractivity contribution in [3.63, 3.8) is 0 Å². The Bertz CT molecular complexity index is 1760. The van der Waals surface area contributed by atoms with Crippen molar-refractivity contribution in [2.75, 3.05) is 16.8 Å². The van der Waals surface area contributed by atoms with Crippen LogP contribution in [0.4, 0.5) is 17.3 Å². The molecule has 0 saturated heterocycles. The van der Waals surface area contributed by atoms with Crippen LogP contribution in [0.2, 0.25) is 0 Å². The van der Waals surface area contributed by atoms with E-state index in [4.69, 9.17) is 5.26 Å². The molecule has 1 N–H and O–H groups in total.